The zero-order chi connectivity index (χ0) is 15.9. The molecule has 1 aromatic rings. The summed E-state index contributed by atoms with van der Waals surface area (Å²) in [7, 11) is 0. The molecule has 1 aromatic heterocycles. The largest absolute Gasteiger partial charge is 0.356 e. The molecule has 0 radical (unpaired) electrons. The summed E-state index contributed by atoms with van der Waals surface area (Å²) in [5, 5.41) is 3.07. The van der Waals surface area contributed by atoms with E-state index < -0.39 is 0 Å². The summed E-state index contributed by atoms with van der Waals surface area (Å²) in [5.41, 5.74) is 0.715. The van der Waals surface area contributed by atoms with Gasteiger partial charge in [-0.05, 0) is 63.9 Å². The van der Waals surface area contributed by atoms with E-state index in [0.29, 0.717) is 5.56 Å². The molecule has 0 bridgehead atoms. The molecule has 0 unspecified atom stereocenters. The summed E-state index contributed by atoms with van der Waals surface area (Å²) >= 11 is 0. The molecule has 2 fully saturated rings. The third-order valence-electron chi connectivity index (χ3n) is 4.82. The van der Waals surface area contributed by atoms with E-state index in [1.54, 1.807) is 6.20 Å². The topological polar surface area (TPSA) is 48.5 Å². The van der Waals surface area contributed by atoms with E-state index in [1.807, 2.05) is 12.1 Å². The van der Waals surface area contributed by atoms with Crippen molar-refractivity contribution in [3.8, 4) is 0 Å². The number of nitrogens with one attached hydrogen (secondary N) is 1. The van der Waals surface area contributed by atoms with Crippen molar-refractivity contribution in [2.75, 3.05) is 44.2 Å². The average Bonchev–Trinajstić information content (AvgIpc) is 3.14. The van der Waals surface area contributed by atoms with E-state index in [4.69, 9.17) is 0 Å². The van der Waals surface area contributed by atoms with Crippen molar-refractivity contribution in [1.29, 1.82) is 0 Å². The lowest BCUT2D eigenvalue weighted by molar-refractivity contribution is 0.0951. The summed E-state index contributed by atoms with van der Waals surface area (Å²) in [6, 6.07) is 3.74. The number of hydrogen-bond acceptors (Lipinski definition) is 4. The van der Waals surface area contributed by atoms with Crippen molar-refractivity contribution < 1.29 is 4.79 Å². The zero-order valence-corrected chi connectivity index (χ0v) is 14.0. The van der Waals surface area contributed by atoms with Gasteiger partial charge in [0.05, 0.1) is 5.56 Å². The fourth-order valence-corrected chi connectivity index (χ4v) is 3.54. The molecule has 0 spiro atoms. The Morgan fingerprint density at radius 3 is 2.61 bits per heavy atom. The standard InChI is InChI=1S/C18H28N4O/c23-18(20-10-7-13-21-11-2-1-3-12-21)16-8-6-9-19-17(16)22-14-4-5-15-22/h6,8-9H,1-5,7,10-15H2,(H,20,23). The molecule has 1 amide bonds. The first-order valence-corrected chi connectivity index (χ1v) is 9.05. The minimum atomic E-state index is 0.0126. The molecular weight excluding hydrogens is 288 g/mol. The molecule has 0 aliphatic carbocycles. The molecule has 3 heterocycles. The van der Waals surface area contributed by atoms with Crippen molar-refractivity contribution in [3.05, 3.63) is 23.9 Å². The lowest BCUT2D eigenvalue weighted by Crippen LogP contribution is -2.34. The summed E-state index contributed by atoms with van der Waals surface area (Å²) in [6.07, 6.45) is 9.18. The Morgan fingerprint density at radius 1 is 1.09 bits per heavy atom. The third-order valence-corrected chi connectivity index (χ3v) is 4.82. The predicted octanol–water partition coefficient (Wildman–Crippen LogP) is 2.29. The summed E-state index contributed by atoms with van der Waals surface area (Å²) in [6.45, 7) is 6.28. The average molecular weight is 316 g/mol. The van der Waals surface area contributed by atoms with Crippen LogP contribution in [0.2, 0.25) is 0 Å². The van der Waals surface area contributed by atoms with Gasteiger partial charge in [0.15, 0.2) is 0 Å². The molecule has 0 aromatic carbocycles. The SMILES string of the molecule is O=C(NCCCN1CCCCC1)c1cccnc1N1CCCC1. The molecule has 2 aliphatic rings. The number of carbonyl (C=O) groups is 1. The highest BCUT2D eigenvalue weighted by Crippen LogP contribution is 2.21. The van der Waals surface area contributed by atoms with Gasteiger partial charge in [0, 0.05) is 25.8 Å². The summed E-state index contributed by atoms with van der Waals surface area (Å²) in [4.78, 5) is 21.7. The van der Waals surface area contributed by atoms with Crippen molar-refractivity contribution in [2.45, 2.75) is 38.5 Å². The van der Waals surface area contributed by atoms with E-state index in [2.05, 4.69) is 20.1 Å². The van der Waals surface area contributed by atoms with E-state index in [0.717, 1.165) is 38.4 Å². The fraction of sp³-hybridized carbons (Fsp3) is 0.667. The van der Waals surface area contributed by atoms with Crippen molar-refractivity contribution in [3.63, 3.8) is 0 Å². The normalized spacial score (nSPS) is 19.0. The van der Waals surface area contributed by atoms with Gasteiger partial charge in [-0.3, -0.25) is 4.79 Å². The molecular formula is C18H28N4O. The van der Waals surface area contributed by atoms with E-state index >= 15 is 0 Å². The van der Waals surface area contributed by atoms with Crippen molar-refractivity contribution in [1.82, 2.24) is 15.2 Å². The molecule has 2 saturated heterocycles. The van der Waals surface area contributed by atoms with Gasteiger partial charge in [0.2, 0.25) is 0 Å². The Bertz CT molecular complexity index is 507. The fourth-order valence-electron chi connectivity index (χ4n) is 3.54. The number of carbonyl (C=O) groups excluding carboxylic acids is 1. The van der Waals surface area contributed by atoms with Gasteiger partial charge >= 0.3 is 0 Å². The van der Waals surface area contributed by atoms with Crippen molar-refractivity contribution >= 4 is 11.7 Å². The number of nitrogens with zero attached hydrogens (tertiary/aromatic N) is 3. The van der Waals surface area contributed by atoms with Crippen LogP contribution in [-0.2, 0) is 0 Å². The van der Waals surface area contributed by atoms with Gasteiger partial charge in [0.25, 0.3) is 5.91 Å². The Morgan fingerprint density at radius 2 is 1.83 bits per heavy atom. The van der Waals surface area contributed by atoms with Crippen LogP contribution in [0.4, 0.5) is 5.82 Å². The first-order valence-electron chi connectivity index (χ1n) is 9.05. The molecule has 5 nitrogen and oxygen atoms in total. The van der Waals surface area contributed by atoms with Gasteiger partial charge in [-0.2, -0.15) is 0 Å². The lowest BCUT2D eigenvalue weighted by Gasteiger charge is -2.26. The number of aromatic nitrogens is 1. The van der Waals surface area contributed by atoms with Crippen LogP contribution >= 0.6 is 0 Å². The molecule has 23 heavy (non-hydrogen) atoms. The number of anilines is 1. The third kappa shape index (κ3) is 4.44. The maximum atomic E-state index is 12.5. The number of amides is 1. The van der Waals surface area contributed by atoms with Crippen LogP contribution in [0.5, 0.6) is 0 Å². The first-order chi connectivity index (χ1) is 11.3. The molecule has 0 saturated carbocycles. The van der Waals surface area contributed by atoms with Gasteiger partial charge in [-0.25, -0.2) is 4.98 Å². The quantitative estimate of drug-likeness (QED) is 0.818. The molecule has 0 atom stereocenters. The number of rotatable bonds is 6. The molecule has 1 N–H and O–H groups in total. The van der Waals surface area contributed by atoms with E-state index in [1.165, 1.54) is 45.2 Å². The second kappa shape index (κ2) is 8.29. The first kappa shape index (κ1) is 16.2. The van der Waals surface area contributed by atoms with Gasteiger partial charge in [-0.15, -0.1) is 0 Å². The van der Waals surface area contributed by atoms with Gasteiger partial charge < -0.3 is 15.1 Å². The molecule has 3 rings (SSSR count). The van der Waals surface area contributed by atoms with Crippen LogP contribution in [0.15, 0.2) is 18.3 Å². The van der Waals surface area contributed by atoms with Crippen LogP contribution in [-0.4, -0.2) is 55.1 Å². The predicted molar refractivity (Wildman–Crippen MR) is 92.9 cm³/mol. The minimum Gasteiger partial charge on any atom is -0.356 e. The lowest BCUT2D eigenvalue weighted by atomic mass is 10.1. The number of hydrogen-bond donors (Lipinski definition) is 1. The maximum absolute atomic E-state index is 12.5. The maximum Gasteiger partial charge on any atom is 0.255 e. The summed E-state index contributed by atoms with van der Waals surface area (Å²) < 4.78 is 0. The number of piperidine rings is 1. The van der Waals surface area contributed by atoms with E-state index in [9.17, 15) is 4.79 Å². The monoisotopic (exact) mass is 316 g/mol. The van der Waals surface area contributed by atoms with E-state index in [-0.39, 0.29) is 5.91 Å². The smallest absolute Gasteiger partial charge is 0.255 e. The Hall–Kier alpha value is -1.62. The van der Waals surface area contributed by atoms with Crippen LogP contribution in [0, 0.1) is 0 Å². The van der Waals surface area contributed by atoms with Crippen LogP contribution in [0.1, 0.15) is 48.9 Å². The number of pyridine rings is 1. The Labute approximate surface area is 139 Å². The van der Waals surface area contributed by atoms with Crippen LogP contribution < -0.4 is 10.2 Å². The Balaban J connectivity index is 1.48. The van der Waals surface area contributed by atoms with Crippen LogP contribution in [0.3, 0.4) is 0 Å². The van der Waals surface area contributed by atoms with Crippen LogP contribution in [0.25, 0.3) is 0 Å². The zero-order valence-electron chi connectivity index (χ0n) is 14.0. The highest BCUT2D eigenvalue weighted by atomic mass is 16.1. The highest BCUT2D eigenvalue weighted by molar-refractivity contribution is 5.98. The highest BCUT2D eigenvalue weighted by Gasteiger charge is 2.20. The molecule has 2 aliphatic heterocycles. The Kier molecular flexibility index (Phi) is 5.86. The van der Waals surface area contributed by atoms with Gasteiger partial charge in [-0.1, -0.05) is 6.42 Å². The second-order valence-corrected chi connectivity index (χ2v) is 6.58. The number of likely N-dealkylation sites (tertiary alicyclic amines) is 1. The second-order valence-electron chi connectivity index (χ2n) is 6.58. The van der Waals surface area contributed by atoms with Gasteiger partial charge in [0.1, 0.15) is 5.82 Å². The van der Waals surface area contributed by atoms with Crippen molar-refractivity contribution in [2.24, 2.45) is 0 Å². The molecule has 126 valence electrons. The summed E-state index contributed by atoms with van der Waals surface area (Å²) in [5.74, 6) is 0.858. The minimum absolute atomic E-state index is 0.0126. The molecule has 5 heteroatoms.